The molecule has 0 spiro atoms. The second-order valence-corrected chi connectivity index (χ2v) is 4.37. The van der Waals surface area contributed by atoms with Crippen LogP contribution < -0.4 is 0 Å². The van der Waals surface area contributed by atoms with Gasteiger partial charge in [0.25, 0.3) is 16.4 Å². The van der Waals surface area contributed by atoms with E-state index in [1.807, 2.05) is 0 Å². The number of nitro benzene ring substituents is 1. The zero-order chi connectivity index (χ0) is 13.6. The molecule has 0 aliphatic rings. The molecule has 0 fully saturated rings. The molecule has 1 aromatic carbocycles. The lowest BCUT2D eigenvalue weighted by Gasteiger charge is -1.94. The predicted octanol–water partition coefficient (Wildman–Crippen LogP) is 3.10. The molecule has 3 aromatic rings. The molecule has 0 bridgehead atoms. The first-order valence-corrected chi connectivity index (χ1v) is 5.80. The van der Waals surface area contributed by atoms with E-state index in [1.54, 1.807) is 19.1 Å². The third-order valence-electron chi connectivity index (χ3n) is 2.90. The van der Waals surface area contributed by atoms with Crippen LogP contribution in [0.2, 0.25) is 0 Å². The Morgan fingerprint density at radius 2 is 2.26 bits per heavy atom. The van der Waals surface area contributed by atoms with Crippen LogP contribution in [0.3, 0.4) is 0 Å². The van der Waals surface area contributed by atoms with Crippen molar-refractivity contribution in [3.63, 3.8) is 0 Å². The third kappa shape index (κ3) is 1.73. The Morgan fingerprint density at radius 3 is 2.89 bits per heavy atom. The number of fused-ring (bicyclic) bond motifs is 1. The van der Waals surface area contributed by atoms with E-state index in [1.165, 1.54) is 6.07 Å². The van der Waals surface area contributed by atoms with Crippen LogP contribution in [0.1, 0.15) is 5.56 Å². The molecule has 0 aliphatic heterocycles. The van der Waals surface area contributed by atoms with Crippen LogP contribution in [0.15, 0.2) is 22.6 Å². The fourth-order valence-electron chi connectivity index (χ4n) is 2.09. The van der Waals surface area contributed by atoms with Crippen LogP contribution in [0, 0.1) is 21.9 Å². The summed E-state index contributed by atoms with van der Waals surface area (Å²) in [5.41, 5.74) is 1.99. The summed E-state index contributed by atoms with van der Waals surface area (Å²) in [5.74, 6) is 0.285. The number of H-pyrrole nitrogens is 2. The van der Waals surface area contributed by atoms with Gasteiger partial charge in [0.05, 0.1) is 15.8 Å². The molecular formula is C11H8N4O3S. The van der Waals surface area contributed by atoms with E-state index >= 15 is 0 Å². The summed E-state index contributed by atoms with van der Waals surface area (Å²) in [5, 5.41) is 18.0. The molecule has 0 amide bonds. The average molecular weight is 276 g/mol. The molecule has 0 saturated carbocycles. The smallest absolute Gasteiger partial charge is 0.284 e. The highest BCUT2D eigenvalue weighted by Crippen LogP contribution is 2.34. The van der Waals surface area contributed by atoms with Gasteiger partial charge in [0, 0.05) is 6.07 Å². The van der Waals surface area contributed by atoms with Crippen molar-refractivity contribution in [1.82, 2.24) is 15.2 Å². The zero-order valence-corrected chi connectivity index (χ0v) is 10.6. The molecule has 0 atom stereocenters. The van der Waals surface area contributed by atoms with E-state index in [4.69, 9.17) is 16.6 Å². The highest BCUT2D eigenvalue weighted by molar-refractivity contribution is 7.71. The summed E-state index contributed by atoms with van der Waals surface area (Å²) in [4.78, 5) is 13.9. The van der Waals surface area contributed by atoms with Crippen molar-refractivity contribution < 1.29 is 9.34 Å². The van der Waals surface area contributed by atoms with Crippen LogP contribution in [0.25, 0.3) is 22.5 Å². The molecule has 8 heteroatoms. The molecule has 2 aromatic heterocycles. The number of hydrogen-bond donors (Lipinski definition) is 2. The second kappa shape index (κ2) is 4.02. The van der Waals surface area contributed by atoms with Crippen molar-refractivity contribution in [2.45, 2.75) is 6.92 Å². The molecule has 0 radical (unpaired) electrons. The quantitative estimate of drug-likeness (QED) is 0.425. The molecule has 19 heavy (non-hydrogen) atoms. The van der Waals surface area contributed by atoms with Gasteiger partial charge in [-0.1, -0.05) is 6.07 Å². The number of benzene rings is 1. The number of nitrogens with zero attached hydrogens (tertiary/aromatic N) is 2. The van der Waals surface area contributed by atoms with Gasteiger partial charge >= 0.3 is 0 Å². The first-order valence-electron chi connectivity index (χ1n) is 5.39. The van der Waals surface area contributed by atoms with Gasteiger partial charge in [0.1, 0.15) is 5.69 Å². The first-order chi connectivity index (χ1) is 9.08. The molecule has 0 unspecified atom stereocenters. The van der Waals surface area contributed by atoms with E-state index in [9.17, 15) is 10.1 Å². The van der Waals surface area contributed by atoms with Crippen LogP contribution >= 0.6 is 12.2 Å². The molecule has 7 nitrogen and oxygen atoms in total. The molecule has 0 saturated heterocycles. The number of nitrogens with one attached hydrogen (secondary N) is 2. The second-order valence-electron chi connectivity index (χ2n) is 4.00. The van der Waals surface area contributed by atoms with Crippen molar-refractivity contribution in [2.24, 2.45) is 0 Å². The number of aryl methyl sites for hydroxylation is 1. The summed E-state index contributed by atoms with van der Waals surface area (Å²) in [6, 6.07) is 4.85. The molecular weight excluding hydrogens is 268 g/mol. The summed E-state index contributed by atoms with van der Waals surface area (Å²) in [6.07, 6.45) is 0. The van der Waals surface area contributed by atoms with E-state index in [0.717, 1.165) is 0 Å². The Balaban J connectivity index is 2.35. The SMILES string of the molecule is Cc1c(-c2n[nH]c(=S)o2)[nH]c2cccc([N+](=O)[O-])c12. The van der Waals surface area contributed by atoms with Gasteiger partial charge in [-0.05, 0) is 30.8 Å². The topological polar surface area (TPSA) is 101 Å². The van der Waals surface area contributed by atoms with Gasteiger partial charge in [-0.15, -0.1) is 5.10 Å². The molecule has 3 rings (SSSR count). The number of non-ortho nitro benzene ring substituents is 1. The van der Waals surface area contributed by atoms with Crippen molar-refractivity contribution in [3.05, 3.63) is 38.7 Å². The maximum atomic E-state index is 11.0. The van der Waals surface area contributed by atoms with Crippen LogP contribution in [-0.2, 0) is 0 Å². The Hall–Kier alpha value is -2.48. The highest BCUT2D eigenvalue weighted by Gasteiger charge is 2.20. The predicted molar refractivity (Wildman–Crippen MR) is 70.4 cm³/mol. The number of aromatic nitrogens is 3. The molecule has 0 aliphatic carbocycles. The average Bonchev–Trinajstić information content (AvgIpc) is 2.93. The minimum Gasteiger partial charge on any atom is -0.408 e. The monoisotopic (exact) mass is 276 g/mol. The Bertz CT molecular complexity index is 845. The Kier molecular flexibility index (Phi) is 2.46. The van der Waals surface area contributed by atoms with Crippen LogP contribution in [-0.4, -0.2) is 20.1 Å². The Labute approximate surface area is 111 Å². The molecule has 96 valence electrons. The highest BCUT2D eigenvalue weighted by atomic mass is 32.1. The summed E-state index contributed by atoms with van der Waals surface area (Å²) in [6.45, 7) is 1.77. The largest absolute Gasteiger partial charge is 0.408 e. The third-order valence-corrected chi connectivity index (χ3v) is 3.08. The van der Waals surface area contributed by atoms with Crippen molar-refractivity contribution in [2.75, 3.05) is 0 Å². The van der Waals surface area contributed by atoms with E-state index < -0.39 is 4.92 Å². The van der Waals surface area contributed by atoms with Gasteiger partial charge in [-0.3, -0.25) is 10.1 Å². The van der Waals surface area contributed by atoms with Gasteiger partial charge < -0.3 is 9.40 Å². The first kappa shape index (κ1) is 11.6. The lowest BCUT2D eigenvalue weighted by Crippen LogP contribution is -1.88. The van der Waals surface area contributed by atoms with E-state index in [2.05, 4.69) is 15.2 Å². The summed E-state index contributed by atoms with van der Waals surface area (Å²) < 4.78 is 5.23. The fraction of sp³-hybridized carbons (Fsp3) is 0.0909. The molecule has 2 N–H and O–H groups in total. The van der Waals surface area contributed by atoms with Crippen LogP contribution in [0.5, 0.6) is 0 Å². The maximum Gasteiger partial charge on any atom is 0.284 e. The minimum absolute atomic E-state index is 0.0478. The van der Waals surface area contributed by atoms with Crippen molar-refractivity contribution in [1.29, 1.82) is 0 Å². The maximum absolute atomic E-state index is 11.0. The summed E-state index contributed by atoms with van der Waals surface area (Å²) >= 11 is 4.82. The number of hydrogen-bond acceptors (Lipinski definition) is 5. The lowest BCUT2D eigenvalue weighted by atomic mass is 10.1. The van der Waals surface area contributed by atoms with E-state index in [-0.39, 0.29) is 16.4 Å². The Morgan fingerprint density at radius 1 is 1.47 bits per heavy atom. The minimum atomic E-state index is -0.410. The number of rotatable bonds is 2. The fourth-order valence-corrected chi connectivity index (χ4v) is 2.22. The summed E-state index contributed by atoms with van der Waals surface area (Å²) in [7, 11) is 0. The van der Waals surface area contributed by atoms with E-state index in [0.29, 0.717) is 22.2 Å². The molecule has 2 heterocycles. The number of nitro groups is 1. The van der Waals surface area contributed by atoms with Gasteiger partial charge in [-0.2, -0.15) is 0 Å². The normalized spacial score (nSPS) is 11.0. The number of aromatic amines is 2. The van der Waals surface area contributed by atoms with Gasteiger partial charge in [0.15, 0.2) is 0 Å². The van der Waals surface area contributed by atoms with Crippen LogP contribution in [0.4, 0.5) is 5.69 Å². The van der Waals surface area contributed by atoms with Gasteiger partial charge in [-0.25, -0.2) is 5.10 Å². The van der Waals surface area contributed by atoms with Crippen molar-refractivity contribution >= 4 is 28.8 Å². The lowest BCUT2D eigenvalue weighted by molar-refractivity contribution is -0.383. The standard InChI is InChI=1S/C11H8N4O3S/c1-5-8-6(3-2-4-7(8)15(16)17)12-9(5)10-13-14-11(19)18-10/h2-4,12H,1H3,(H,14,19). The van der Waals surface area contributed by atoms with Gasteiger partial charge in [0.2, 0.25) is 0 Å². The van der Waals surface area contributed by atoms with Crippen molar-refractivity contribution in [3.8, 4) is 11.6 Å². The zero-order valence-electron chi connectivity index (χ0n) is 9.76.